The predicted octanol–water partition coefficient (Wildman–Crippen LogP) is 4.44. The van der Waals surface area contributed by atoms with E-state index < -0.39 is 0 Å². The number of ether oxygens (including phenoxy) is 1. The van der Waals surface area contributed by atoms with Crippen molar-refractivity contribution in [1.29, 1.82) is 5.26 Å². The number of nitrogens with one attached hydrogen (secondary N) is 1. The predicted molar refractivity (Wildman–Crippen MR) is 85.5 cm³/mol. The molecule has 2 aromatic rings. The third-order valence-corrected chi connectivity index (χ3v) is 3.43. The van der Waals surface area contributed by atoms with E-state index in [0.717, 1.165) is 17.0 Å². The van der Waals surface area contributed by atoms with Crippen LogP contribution in [-0.2, 0) is 0 Å². The van der Waals surface area contributed by atoms with Gasteiger partial charge in [-0.25, -0.2) is 0 Å². The highest BCUT2D eigenvalue weighted by atomic mass is 16.5. The Kier molecular flexibility index (Phi) is 4.84. The highest BCUT2D eigenvalue weighted by Crippen LogP contribution is 2.24. The topological polar surface area (TPSA) is 45.0 Å². The van der Waals surface area contributed by atoms with Gasteiger partial charge in [-0.2, -0.15) is 5.26 Å². The molecule has 0 saturated heterocycles. The molecule has 0 spiro atoms. The summed E-state index contributed by atoms with van der Waals surface area (Å²) in [5.41, 5.74) is 3.98. The zero-order chi connectivity index (χ0) is 15.2. The van der Waals surface area contributed by atoms with Crippen LogP contribution in [0.15, 0.2) is 42.5 Å². The fraction of sp³-hybridized carbons (Fsp3) is 0.278. The normalized spacial score (nSPS) is 11.5. The summed E-state index contributed by atoms with van der Waals surface area (Å²) < 4.78 is 5.45. The number of nitriles is 1. The van der Waals surface area contributed by atoms with E-state index in [2.05, 4.69) is 30.4 Å². The average molecular weight is 280 g/mol. The van der Waals surface area contributed by atoms with Gasteiger partial charge >= 0.3 is 0 Å². The Morgan fingerprint density at radius 2 is 1.90 bits per heavy atom. The van der Waals surface area contributed by atoms with Crippen LogP contribution in [0, 0.1) is 18.3 Å². The summed E-state index contributed by atoms with van der Waals surface area (Å²) in [5, 5.41) is 12.5. The van der Waals surface area contributed by atoms with E-state index in [1.807, 2.05) is 44.2 Å². The van der Waals surface area contributed by atoms with Gasteiger partial charge in [0, 0.05) is 11.7 Å². The number of anilines is 1. The summed E-state index contributed by atoms with van der Waals surface area (Å²) in [4.78, 5) is 0. The summed E-state index contributed by atoms with van der Waals surface area (Å²) in [6.07, 6.45) is 0. The van der Waals surface area contributed by atoms with Gasteiger partial charge in [-0.3, -0.25) is 0 Å². The Balaban J connectivity index is 2.14. The molecule has 1 N–H and O–H groups in total. The molecule has 1 unspecified atom stereocenters. The van der Waals surface area contributed by atoms with Crippen molar-refractivity contribution in [3.63, 3.8) is 0 Å². The SMILES string of the molecule is CCOc1ccc(C(C)Nc2cc(C#N)ccc2C)cc1. The molecule has 0 aliphatic heterocycles. The van der Waals surface area contributed by atoms with Crippen LogP contribution < -0.4 is 10.1 Å². The lowest BCUT2D eigenvalue weighted by molar-refractivity contribution is 0.340. The molecule has 1 atom stereocenters. The second kappa shape index (κ2) is 6.81. The van der Waals surface area contributed by atoms with Crippen LogP contribution in [0.25, 0.3) is 0 Å². The maximum absolute atomic E-state index is 8.99. The van der Waals surface area contributed by atoms with E-state index in [-0.39, 0.29) is 6.04 Å². The number of rotatable bonds is 5. The molecule has 0 bridgehead atoms. The molecule has 0 saturated carbocycles. The molecule has 0 aliphatic rings. The van der Waals surface area contributed by atoms with Crippen LogP contribution in [-0.4, -0.2) is 6.61 Å². The third-order valence-electron chi connectivity index (χ3n) is 3.43. The lowest BCUT2D eigenvalue weighted by Crippen LogP contribution is -2.08. The standard InChI is InChI=1S/C18H20N2O/c1-4-21-17-9-7-16(8-10-17)14(3)20-18-11-15(12-19)6-5-13(18)2/h5-11,14,20H,4H2,1-3H3. The summed E-state index contributed by atoms with van der Waals surface area (Å²) in [6.45, 7) is 6.79. The van der Waals surface area contributed by atoms with Gasteiger partial charge in [-0.05, 0) is 56.2 Å². The third kappa shape index (κ3) is 3.76. The molecule has 0 fully saturated rings. The lowest BCUT2D eigenvalue weighted by atomic mass is 10.1. The number of benzene rings is 2. The highest BCUT2D eigenvalue weighted by molar-refractivity contribution is 5.56. The van der Waals surface area contributed by atoms with E-state index >= 15 is 0 Å². The van der Waals surface area contributed by atoms with Gasteiger partial charge in [0.1, 0.15) is 5.75 Å². The molecular formula is C18H20N2O. The number of nitrogens with zero attached hydrogens (tertiary/aromatic N) is 1. The molecule has 0 aliphatic carbocycles. The van der Waals surface area contributed by atoms with Gasteiger partial charge < -0.3 is 10.1 Å². The molecule has 0 amide bonds. The first-order valence-corrected chi connectivity index (χ1v) is 7.14. The first kappa shape index (κ1) is 14.9. The largest absolute Gasteiger partial charge is 0.494 e. The Bertz CT molecular complexity index is 641. The van der Waals surface area contributed by atoms with Crippen molar-refractivity contribution in [2.24, 2.45) is 0 Å². The molecule has 21 heavy (non-hydrogen) atoms. The van der Waals surface area contributed by atoms with Gasteiger partial charge in [0.05, 0.1) is 18.2 Å². The van der Waals surface area contributed by atoms with Crippen LogP contribution in [0.1, 0.15) is 36.6 Å². The maximum atomic E-state index is 8.99. The molecule has 0 aromatic heterocycles. The van der Waals surface area contributed by atoms with E-state index in [1.54, 1.807) is 0 Å². The summed E-state index contributed by atoms with van der Waals surface area (Å²) in [6, 6.07) is 16.1. The van der Waals surface area contributed by atoms with Crippen molar-refractivity contribution in [2.45, 2.75) is 26.8 Å². The minimum Gasteiger partial charge on any atom is -0.494 e. The first-order chi connectivity index (χ1) is 10.1. The fourth-order valence-electron chi connectivity index (χ4n) is 2.18. The Labute approximate surface area is 126 Å². The lowest BCUT2D eigenvalue weighted by Gasteiger charge is -2.18. The van der Waals surface area contributed by atoms with Crippen molar-refractivity contribution >= 4 is 5.69 Å². The Morgan fingerprint density at radius 3 is 2.52 bits per heavy atom. The summed E-state index contributed by atoms with van der Waals surface area (Å²) in [5.74, 6) is 0.885. The van der Waals surface area contributed by atoms with Gasteiger partial charge in [0.25, 0.3) is 0 Å². The zero-order valence-electron chi connectivity index (χ0n) is 12.7. The van der Waals surface area contributed by atoms with Crippen molar-refractivity contribution in [3.05, 3.63) is 59.2 Å². The van der Waals surface area contributed by atoms with Gasteiger partial charge in [0.2, 0.25) is 0 Å². The zero-order valence-corrected chi connectivity index (χ0v) is 12.7. The van der Waals surface area contributed by atoms with Crippen LogP contribution in [0.4, 0.5) is 5.69 Å². The number of hydrogen-bond acceptors (Lipinski definition) is 3. The Hall–Kier alpha value is -2.47. The fourth-order valence-corrected chi connectivity index (χ4v) is 2.18. The van der Waals surface area contributed by atoms with Crippen molar-refractivity contribution in [3.8, 4) is 11.8 Å². The van der Waals surface area contributed by atoms with Crippen molar-refractivity contribution in [2.75, 3.05) is 11.9 Å². The molecule has 108 valence electrons. The Morgan fingerprint density at radius 1 is 1.19 bits per heavy atom. The van der Waals surface area contributed by atoms with Gasteiger partial charge in [-0.1, -0.05) is 18.2 Å². The minimum atomic E-state index is 0.160. The molecule has 2 aromatic carbocycles. The van der Waals surface area contributed by atoms with E-state index in [4.69, 9.17) is 10.00 Å². The van der Waals surface area contributed by atoms with E-state index in [9.17, 15) is 0 Å². The summed E-state index contributed by atoms with van der Waals surface area (Å²) in [7, 11) is 0. The highest BCUT2D eigenvalue weighted by Gasteiger charge is 2.08. The molecule has 0 radical (unpaired) electrons. The monoisotopic (exact) mass is 280 g/mol. The van der Waals surface area contributed by atoms with Crippen LogP contribution >= 0.6 is 0 Å². The van der Waals surface area contributed by atoms with Crippen molar-refractivity contribution in [1.82, 2.24) is 0 Å². The van der Waals surface area contributed by atoms with Crippen LogP contribution in [0.2, 0.25) is 0 Å². The van der Waals surface area contributed by atoms with Gasteiger partial charge in [-0.15, -0.1) is 0 Å². The van der Waals surface area contributed by atoms with E-state index in [1.165, 1.54) is 5.56 Å². The molecule has 3 nitrogen and oxygen atoms in total. The van der Waals surface area contributed by atoms with E-state index in [0.29, 0.717) is 12.2 Å². The second-order valence-corrected chi connectivity index (χ2v) is 5.01. The molecule has 2 rings (SSSR count). The molecule has 3 heteroatoms. The first-order valence-electron chi connectivity index (χ1n) is 7.14. The van der Waals surface area contributed by atoms with Crippen LogP contribution in [0.5, 0.6) is 5.75 Å². The molecule has 0 heterocycles. The quantitative estimate of drug-likeness (QED) is 0.880. The summed E-state index contributed by atoms with van der Waals surface area (Å²) >= 11 is 0. The molecular weight excluding hydrogens is 260 g/mol. The van der Waals surface area contributed by atoms with Gasteiger partial charge in [0.15, 0.2) is 0 Å². The average Bonchev–Trinajstić information content (AvgIpc) is 2.50. The smallest absolute Gasteiger partial charge is 0.119 e. The minimum absolute atomic E-state index is 0.160. The van der Waals surface area contributed by atoms with Crippen LogP contribution in [0.3, 0.4) is 0 Å². The number of aryl methyl sites for hydroxylation is 1. The second-order valence-electron chi connectivity index (χ2n) is 5.01. The van der Waals surface area contributed by atoms with Crippen molar-refractivity contribution < 1.29 is 4.74 Å². The number of hydrogen-bond donors (Lipinski definition) is 1. The maximum Gasteiger partial charge on any atom is 0.119 e.